The van der Waals surface area contributed by atoms with E-state index in [9.17, 15) is 4.79 Å². The maximum Gasteiger partial charge on any atom is 0.227 e. The van der Waals surface area contributed by atoms with E-state index in [-0.39, 0.29) is 11.8 Å². The highest BCUT2D eigenvalue weighted by Crippen LogP contribution is 2.35. The van der Waals surface area contributed by atoms with Gasteiger partial charge in [-0.05, 0) is 46.5 Å². The molecule has 0 spiro atoms. The summed E-state index contributed by atoms with van der Waals surface area (Å²) in [6.45, 7) is 2.60. The third-order valence-corrected chi connectivity index (χ3v) is 4.42. The minimum absolute atomic E-state index is 0.108. The topological polar surface area (TPSA) is 20.3 Å². The predicted octanol–water partition coefficient (Wildman–Crippen LogP) is 4.00. The highest BCUT2D eigenvalue weighted by Gasteiger charge is 2.31. The lowest BCUT2D eigenvalue weighted by Crippen LogP contribution is -2.25. The molecule has 1 saturated heterocycles. The van der Waals surface area contributed by atoms with Gasteiger partial charge in [0.15, 0.2) is 0 Å². The van der Waals surface area contributed by atoms with Crippen LogP contribution in [-0.2, 0) is 4.79 Å². The van der Waals surface area contributed by atoms with Crippen LogP contribution in [0.4, 0.5) is 5.69 Å². The Balaban J connectivity index is 2.35. The van der Waals surface area contributed by atoms with Crippen LogP contribution in [0, 0.1) is 12.8 Å². The van der Waals surface area contributed by atoms with Crippen molar-refractivity contribution in [1.29, 1.82) is 0 Å². The average molecular weight is 337 g/mol. The Labute approximate surface area is 119 Å². The molecule has 5 heteroatoms. The zero-order valence-electron chi connectivity index (χ0n) is 9.34. The summed E-state index contributed by atoms with van der Waals surface area (Å²) in [4.78, 5) is 13.6. The number of hydrogen-bond donors (Lipinski definition) is 0. The van der Waals surface area contributed by atoms with E-state index >= 15 is 0 Å². The van der Waals surface area contributed by atoms with Crippen molar-refractivity contribution in [2.45, 2.75) is 13.3 Å². The Bertz CT molecular complexity index is 464. The first-order valence-corrected chi connectivity index (χ1v) is 7.05. The number of carbonyl (C=O) groups excluding carboxylic acids is 1. The van der Waals surface area contributed by atoms with E-state index < -0.39 is 0 Å². The summed E-state index contributed by atoms with van der Waals surface area (Å²) >= 11 is 15.4. The smallest absolute Gasteiger partial charge is 0.227 e. The normalized spacial score (nSPS) is 20.1. The summed E-state index contributed by atoms with van der Waals surface area (Å²) in [7, 11) is 0. The molecule has 1 fully saturated rings. The van der Waals surface area contributed by atoms with Crippen molar-refractivity contribution in [3.8, 4) is 0 Å². The molecule has 1 aliphatic heterocycles. The standard InChI is InChI=1S/C12H12BrCl2NO/c1-7-2-9(13)11(4-10(7)15)16-6-8(5-14)3-12(16)17/h2,4,8H,3,5-6H2,1H3. The first-order valence-electron chi connectivity index (χ1n) is 5.35. The van der Waals surface area contributed by atoms with Crippen LogP contribution in [0.2, 0.25) is 5.02 Å². The second-order valence-electron chi connectivity index (χ2n) is 4.28. The van der Waals surface area contributed by atoms with Crippen molar-refractivity contribution in [3.05, 3.63) is 27.2 Å². The van der Waals surface area contributed by atoms with Crippen LogP contribution < -0.4 is 4.90 Å². The largest absolute Gasteiger partial charge is 0.311 e. The van der Waals surface area contributed by atoms with Crippen LogP contribution in [0.5, 0.6) is 0 Å². The number of benzene rings is 1. The fourth-order valence-corrected chi connectivity index (χ4v) is 3.00. The molecule has 1 aromatic carbocycles. The van der Waals surface area contributed by atoms with Gasteiger partial charge in [-0.1, -0.05) is 11.6 Å². The number of halogens is 3. The summed E-state index contributed by atoms with van der Waals surface area (Å²) in [6.07, 6.45) is 0.515. The van der Waals surface area contributed by atoms with E-state index in [2.05, 4.69) is 15.9 Å². The molecule has 0 aliphatic carbocycles. The summed E-state index contributed by atoms with van der Waals surface area (Å²) in [5, 5.41) is 0.672. The molecular formula is C12H12BrCl2NO. The number of amides is 1. The second-order valence-corrected chi connectivity index (χ2v) is 5.85. The minimum atomic E-state index is 0.108. The summed E-state index contributed by atoms with van der Waals surface area (Å²) in [5.41, 5.74) is 1.82. The Morgan fingerprint density at radius 2 is 2.24 bits per heavy atom. The van der Waals surface area contributed by atoms with Gasteiger partial charge in [0.1, 0.15) is 0 Å². The lowest BCUT2D eigenvalue weighted by molar-refractivity contribution is -0.117. The zero-order valence-corrected chi connectivity index (χ0v) is 12.4. The minimum Gasteiger partial charge on any atom is -0.311 e. The quantitative estimate of drug-likeness (QED) is 0.747. The lowest BCUT2D eigenvalue weighted by atomic mass is 10.1. The van der Waals surface area contributed by atoms with Gasteiger partial charge in [0.25, 0.3) is 0 Å². The van der Waals surface area contributed by atoms with Gasteiger partial charge in [-0.15, -0.1) is 11.6 Å². The van der Waals surface area contributed by atoms with Gasteiger partial charge in [-0.3, -0.25) is 4.79 Å². The molecule has 17 heavy (non-hydrogen) atoms. The molecule has 1 amide bonds. The van der Waals surface area contributed by atoms with Gasteiger partial charge in [-0.25, -0.2) is 0 Å². The molecule has 1 unspecified atom stereocenters. The van der Waals surface area contributed by atoms with E-state index in [1.54, 1.807) is 4.90 Å². The number of alkyl halides is 1. The molecule has 0 aromatic heterocycles. The van der Waals surface area contributed by atoms with Crippen molar-refractivity contribution in [1.82, 2.24) is 0 Å². The van der Waals surface area contributed by atoms with Gasteiger partial charge in [-0.2, -0.15) is 0 Å². The summed E-state index contributed by atoms with van der Waals surface area (Å²) in [5.74, 6) is 0.854. The molecular weight excluding hydrogens is 325 g/mol. The van der Waals surface area contributed by atoms with Gasteiger partial charge in [0.05, 0.1) is 5.69 Å². The lowest BCUT2D eigenvalue weighted by Gasteiger charge is -2.19. The predicted molar refractivity (Wildman–Crippen MR) is 75.1 cm³/mol. The van der Waals surface area contributed by atoms with Gasteiger partial charge in [0, 0.05) is 28.3 Å². The van der Waals surface area contributed by atoms with Crippen LogP contribution >= 0.6 is 39.1 Å². The van der Waals surface area contributed by atoms with E-state index in [4.69, 9.17) is 23.2 Å². The van der Waals surface area contributed by atoms with Crippen LogP contribution in [0.1, 0.15) is 12.0 Å². The third kappa shape index (κ3) is 2.61. The van der Waals surface area contributed by atoms with Gasteiger partial charge >= 0.3 is 0 Å². The molecule has 2 nitrogen and oxygen atoms in total. The molecule has 92 valence electrons. The van der Waals surface area contributed by atoms with Crippen LogP contribution in [-0.4, -0.2) is 18.3 Å². The monoisotopic (exact) mass is 335 g/mol. The molecule has 1 atom stereocenters. The van der Waals surface area contributed by atoms with E-state index in [0.717, 1.165) is 15.7 Å². The number of rotatable bonds is 2. The molecule has 0 saturated carbocycles. The highest BCUT2D eigenvalue weighted by atomic mass is 79.9. The molecule has 0 bridgehead atoms. The number of aryl methyl sites for hydroxylation is 1. The molecule has 2 rings (SSSR count). The Kier molecular flexibility index (Phi) is 4.01. The van der Waals surface area contributed by atoms with E-state index in [1.165, 1.54) is 0 Å². The maximum absolute atomic E-state index is 11.9. The van der Waals surface area contributed by atoms with Crippen LogP contribution in [0.25, 0.3) is 0 Å². The second kappa shape index (κ2) is 5.17. The maximum atomic E-state index is 11.9. The van der Waals surface area contributed by atoms with E-state index in [0.29, 0.717) is 23.9 Å². The Hall–Kier alpha value is -0.250. The first kappa shape index (κ1) is 13.2. The van der Waals surface area contributed by atoms with Gasteiger partial charge in [0.2, 0.25) is 5.91 Å². The fraction of sp³-hybridized carbons (Fsp3) is 0.417. The SMILES string of the molecule is Cc1cc(Br)c(N2CC(CCl)CC2=O)cc1Cl. The zero-order chi connectivity index (χ0) is 12.6. The fourth-order valence-electron chi connectivity index (χ4n) is 1.96. The molecule has 1 aliphatic rings. The molecule has 0 N–H and O–H groups in total. The van der Waals surface area contributed by atoms with Crippen molar-refractivity contribution in [2.24, 2.45) is 5.92 Å². The molecule has 1 heterocycles. The van der Waals surface area contributed by atoms with E-state index in [1.807, 2.05) is 19.1 Å². The third-order valence-electron chi connectivity index (χ3n) is 2.94. The van der Waals surface area contributed by atoms with Crippen molar-refractivity contribution in [2.75, 3.05) is 17.3 Å². The number of nitrogens with zero attached hydrogens (tertiary/aromatic N) is 1. The molecule has 1 aromatic rings. The van der Waals surface area contributed by atoms with Crippen molar-refractivity contribution >= 4 is 50.7 Å². The van der Waals surface area contributed by atoms with Gasteiger partial charge < -0.3 is 4.90 Å². The van der Waals surface area contributed by atoms with Crippen molar-refractivity contribution in [3.63, 3.8) is 0 Å². The van der Waals surface area contributed by atoms with Crippen LogP contribution in [0.3, 0.4) is 0 Å². The number of carbonyl (C=O) groups is 1. The Morgan fingerprint density at radius 1 is 1.53 bits per heavy atom. The average Bonchev–Trinajstić information content (AvgIpc) is 2.65. The number of anilines is 1. The molecule has 0 radical (unpaired) electrons. The first-order chi connectivity index (χ1) is 8.02. The Morgan fingerprint density at radius 3 is 2.82 bits per heavy atom. The van der Waals surface area contributed by atoms with Crippen molar-refractivity contribution < 1.29 is 4.79 Å². The summed E-state index contributed by atoms with van der Waals surface area (Å²) < 4.78 is 0.892. The summed E-state index contributed by atoms with van der Waals surface area (Å²) in [6, 6.07) is 3.76. The highest BCUT2D eigenvalue weighted by molar-refractivity contribution is 9.10. The number of hydrogen-bond acceptors (Lipinski definition) is 1. The van der Waals surface area contributed by atoms with Crippen LogP contribution in [0.15, 0.2) is 16.6 Å².